The molecular weight excluding hydrogens is 394 g/mol. The number of benzene rings is 2. The van der Waals surface area contributed by atoms with Crippen LogP contribution in [0.2, 0.25) is 0 Å². The minimum Gasteiger partial charge on any atom is -0.495 e. The van der Waals surface area contributed by atoms with Gasteiger partial charge in [-0.15, -0.1) is 0 Å². The molecule has 11 heteroatoms. The van der Waals surface area contributed by atoms with Crippen molar-refractivity contribution < 1.29 is 22.9 Å². The number of ether oxygens (including phenoxy) is 1. The normalized spacial score (nSPS) is 10.9. The number of nitro benzene ring substituents is 1. The molecule has 0 saturated heterocycles. The summed E-state index contributed by atoms with van der Waals surface area (Å²) < 4.78 is 32.5. The summed E-state index contributed by atoms with van der Waals surface area (Å²) in [5.41, 5.74) is -0.00482. The highest BCUT2D eigenvalue weighted by Gasteiger charge is 2.22. The number of amides is 1. The van der Waals surface area contributed by atoms with Gasteiger partial charge in [0.05, 0.1) is 18.1 Å². The SMILES string of the molecule is COc1cc([N+](=O)[O-])ccc1S(=O)(=O)Nc1ccc(SC(=O)N(C)C)cc1. The summed E-state index contributed by atoms with van der Waals surface area (Å²) in [6.45, 7) is 0. The highest BCUT2D eigenvalue weighted by molar-refractivity contribution is 8.13. The maximum absolute atomic E-state index is 12.6. The second kappa shape index (κ2) is 8.27. The van der Waals surface area contributed by atoms with Crippen LogP contribution in [0.1, 0.15) is 0 Å². The third-order valence-electron chi connectivity index (χ3n) is 3.32. The maximum atomic E-state index is 12.6. The zero-order chi connectivity index (χ0) is 20.2. The first-order valence-electron chi connectivity index (χ1n) is 7.48. The fourth-order valence-electron chi connectivity index (χ4n) is 1.99. The molecule has 2 aromatic rings. The predicted octanol–water partition coefficient (Wildman–Crippen LogP) is 3.18. The third kappa shape index (κ3) is 5.11. The third-order valence-corrected chi connectivity index (χ3v) is 5.79. The highest BCUT2D eigenvalue weighted by Crippen LogP contribution is 2.30. The van der Waals surface area contributed by atoms with Crippen molar-refractivity contribution in [1.29, 1.82) is 0 Å². The molecule has 0 aliphatic rings. The number of nitrogens with one attached hydrogen (secondary N) is 1. The number of methoxy groups -OCH3 is 1. The van der Waals surface area contributed by atoms with Crippen LogP contribution in [0.5, 0.6) is 5.75 Å². The zero-order valence-electron chi connectivity index (χ0n) is 14.7. The summed E-state index contributed by atoms with van der Waals surface area (Å²) in [6, 6.07) is 9.49. The Kier molecular flexibility index (Phi) is 6.28. The van der Waals surface area contributed by atoms with Gasteiger partial charge in [0.25, 0.3) is 20.9 Å². The second-order valence-corrected chi connectivity index (χ2v) is 8.16. The number of nitro groups is 1. The van der Waals surface area contributed by atoms with Crippen molar-refractivity contribution in [1.82, 2.24) is 4.90 Å². The monoisotopic (exact) mass is 411 g/mol. The van der Waals surface area contributed by atoms with E-state index in [-0.39, 0.29) is 27.3 Å². The van der Waals surface area contributed by atoms with Gasteiger partial charge in [0.15, 0.2) is 0 Å². The molecular formula is C16H17N3O6S2. The number of anilines is 1. The summed E-state index contributed by atoms with van der Waals surface area (Å²) in [5.74, 6) is -0.138. The lowest BCUT2D eigenvalue weighted by atomic mass is 10.3. The molecule has 2 aromatic carbocycles. The molecule has 1 N–H and O–H groups in total. The van der Waals surface area contributed by atoms with Gasteiger partial charge in [-0.1, -0.05) is 0 Å². The molecule has 1 amide bonds. The Labute approximate surface area is 160 Å². The molecule has 0 bridgehead atoms. The molecule has 0 atom stereocenters. The van der Waals surface area contributed by atoms with Crippen molar-refractivity contribution in [3.05, 3.63) is 52.6 Å². The summed E-state index contributed by atoms with van der Waals surface area (Å²) in [6.07, 6.45) is 0. The molecule has 9 nitrogen and oxygen atoms in total. The summed E-state index contributed by atoms with van der Waals surface area (Å²) >= 11 is 1.01. The number of sulfonamides is 1. The van der Waals surface area contributed by atoms with E-state index in [1.165, 1.54) is 24.1 Å². The van der Waals surface area contributed by atoms with Gasteiger partial charge in [0.1, 0.15) is 10.6 Å². The average molecular weight is 411 g/mol. The van der Waals surface area contributed by atoms with Gasteiger partial charge in [-0.3, -0.25) is 19.6 Å². The molecule has 0 aliphatic carbocycles. The molecule has 0 heterocycles. The molecule has 0 unspecified atom stereocenters. The average Bonchev–Trinajstić information content (AvgIpc) is 2.62. The Bertz CT molecular complexity index is 959. The fourth-order valence-corrected chi connectivity index (χ4v) is 3.85. The number of hydrogen-bond donors (Lipinski definition) is 1. The highest BCUT2D eigenvalue weighted by atomic mass is 32.2. The fraction of sp³-hybridized carbons (Fsp3) is 0.188. The van der Waals surface area contributed by atoms with Crippen LogP contribution >= 0.6 is 11.8 Å². The Morgan fingerprint density at radius 1 is 1.19 bits per heavy atom. The number of non-ortho nitro benzene ring substituents is 1. The lowest BCUT2D eigenvalue weighted by molar-refractivity contribution is -0.385. The van der Waals surface area contributed by atoms with Crippen molar-refractivity contribution in [3.63, 3.8) is 0 Å². The van der Waals surface area contributed by atoms with Crippen molar-refractivity contribution in [2.24, 2.45) is 0 Å². The van der Waals surface area contributed by atoms with Crippen LogP contribution in [0, 0.1) is 10.1 Å². The van der Waals surface area contributed by atoms with Crippen LogP contribution < -0.4 is 9.46 Å². The van der Waals surface area contributed by atoms with Crippen molar-refractivity contribution in [2.45, 2.75) is 9.79 Å². The van der Waals surface area contributed by atoms with Gasteiger partial charge in [-0.05, 0) is 42.1 Å². The topological polar surface area (TPSA) is 119 Å². The largest absolute Gasteiger partial charge is 0.495 e. The number of carbonyl (C=O) groups excluding carboxylic acids is 1. The number of nitrogens with zero attached hydrogens (tertiary/aromatic N) is 2. The van der Waals surface area contributed by atoms with Gasteiger partial charge in [0.2, 0.25) is 0 Å². The maximum Gasteiger partial charge on any atom is 0.285 e. The molecule has 0 saturated carbocycles. The number of carbonyl (C=O) groups is 1. The van der Waals surface area contributed by atoms with E-state index in [0.717, 1.165) is 30.0 Å². The number of hydrogen-bond acceptors (Lipinski definition) is 7. The summed E-state index contributed by atoms with van der Waals surface area (Å²) in [7, 11) is 0.469. The number of thioether (sulfide) groups is 1. The van der Waals surface area contributed by atoms with Gasteiger partial charge in [-0.2, -0.15) is 0 Å². The van der Waals surface area contributed by atoms with Crippen molar-refractivity contribution >= 4 is 38.4 Å². The Balaban J connectivity index is 2.23. The van der Waals surface area contributed by atoms with E-state index in [1.807, 2.05) is 0 Å². The van der Waals surface area contributed by atoms with Gasteiger partial charge in [0, 0.05) is 30.7 Å². The van der Waals surface area contributed by atoms with E-state index in [4.69, 9.17) is 4.74 Å². The molecule has 0 aromatic heterocycles. The first-order chi connectivity index (χ1) is 12.6. The van der Waals surface area contributed by atoms with E-state index >= 15 is 0 Å². The summed E-state index contributed by atoms with van der Waals surface area (Å²) in [5, 5.41) is 10.7. The van der Waals surface area contributed by atoms with Crippen LogP contribution in [0.3, 0.4) is 0 Å². The standard InChI is InChI=1S/C16H17N3O6S2/c1-18(2)16(20)26-13-7-4-11(5-8-13)17-27(23,24)15-9-6-12(19(21)22)10-14(15)25-3/h4-10,17H,1-3H3. The second-order valence-electron chi connectivity index (χ2n) is 5.48. The van der Waals surface area contributed by atoms with Crippen LogP contribution in [0.25, 0.3) is 0 Å². The molecule has 27 heavy (non-hydrogen) atoms. The lowest BCUT2D eigenvalue weighted by Crippen LogP contribution is -2.16. The van der Waals surface area contributed by atoms with Crippen LogP contribution in [0.15, 0.2) is 52.3 Å². The molecule has 144 valence electrons. The molecule has 0 spiro atoms. The zero-order valence-corrected chi connectivity index (χ0v) is 16.3. The smallest absolute Gasteiger partial charge is 0.285 e. The lowest BCUT2D eigenvalue weighted by Gasteiger charge is -2.12. The van der Waals surface area contributed by atoms with Crippen molar-refractivity contribution in [3.8, 4) is 5.75 Å². The van der Waals surface area contributed by atoms with Crippen LogP contribution in [-0.2, 0) is 10.0 Å². The molecule has 0 fully saturated rings. The molecule has 2 rings (SSSR count). The molecule has 0 aliphatic heterocycles. The van der Waals surface area contributed by atoms with Crippen LogP contribution in [-0.4, -0.2) is 44.7 Å². The van der Waals surface area contributed by atoms with Crippen LogP contribution in [0.4, 0.5) is 16.2 Å². The van der Waals surface area contributed by atoms with E-state index < -0.39 is 14.9 Å². The predicted molar refractivity (Wildman–Crippen MR) is 102 cm³/mol. The Morgan fingerprint density at radius 2 is 1.81 bits per heavy atom. The minimum absolute atomic E-state index is 0.138. The van der Waals surface area contributed by atoms with E-state index in [2.05, 4.69) is 4.72 Å². The van der Waals surface area contributed by atoms with Gasteiger partial charge >= 0.3 is 0 Å². The van der Waals surface area contributed by atoms with E-state index in [9.17, 15) is 23.3 Å². The molecule has 0 radical (unpaired) electrons. The quantitative estimate of drug-likeness (QED) is 0.440. The first-order valence-corrected chi connectivity index (χ1v) is 9.78. The minimum atomic E-state index is -4.03. The first kappa shape index (κ1) is 20.5. The summed E-state index contributed by atoms with van der Waals surface area (Å²) in [4.78, 5) is 23.7. The van der Waals surface area contributed by atoms with Gasteiger partial charge < -0.3 is 9.64 Å². The Hall–Kier alpha value is -2.79. The van der Waals surface area contributed by atoms with E-state index in [0.29, 0.717) is 4.90 Å². The Morgan fingerprint density at radius 3 is 2.33 bits per heavy atom. The van der Waals surface area contributed by atoms with Crippen molar-refractivity contribution in [2.75, 3.05) is 25.9 Å². The number of rotatable bonds is 6. The van der Waals surface area contributed by atoms with Gasteiger partial charge in [-0.25, -0.2) is 8.42 Å². The van der Waals surface area contributed by atoms with E-state index in [1.54, 1.807) is 26.2 Å².